The number of carbonyl (C=O) groups is 3. The van der Waals surface area contributed by atoms with Gasteiger partial charge in [-0.05, 0) is 28.8 Å². The number of carbonyl (C=O) groups excluding carboxylic acids is 3. The maximum Gasteiger partial charge on any atom is 0.267 e. The Morgan fingerprint density at radius 3 is 1.50 bits per heavy atom. The average Bonchev–Trinajstić information content (AvgIpc) is 3.37. The summed E-state index contributed by atoms with van der Waals surface area (Å²) in [7, 11) is 1.63. The van der Waals surface area contributed by atoms with Gasteiger partial charge in [-0.15, -0.1) is 0 Å². The van der Waals surface area contributed by atoms with E-state index in [4.69, 9.17) is 23.7 Å². The third kappa shape index (κ3) is 7.64. The predicted octanol–water partition coefficient (Wildman–Crippen LogP) is 3.76. The van der Waals surface area contributed by atoms with Crippen LogP contribution in [-0.4, -0.2) is 82.6 Å². The summed E-state index contributed by atoms with van der Waals surface area (Å²) in [5.41, 5.74) is 1.74. The van der Waals surface area contributed by atoms with Crippen molar-refractivity contribution in [2.75, 3.05) is 60.0 Å². The molecule has 4 rings (SSSR count). The van der Waals surface area contributed by atoms with Crippen molar-refractivity contribution in [2.24, 2.45) is 0 Å². The summed E-state index contributed by atoms with van der Waals surface area (Å²) >= 11 is 0. The monoisotopic (exact) mass is 573 g/mol. The lowest BCUT2D eigenvalue weighted by Crippen LogP contribution is -2.36. The first-order valence-electron chi connectivity index (χ1n) is 13.8. The molecule has 0 saturated heterocycles. The number of hydrogen-bond donors (Lipinski definition) is 0. The minimum Gasteiger partial charge on any atom is -0.382 e. The highest BCUT2D eigenvalue weighted by atomic mass is 16.6. The van der Waals surface area contributed by atoms with E-state index in [0.717, 1.165) is 28.8 Å². The largest absolute Gasteiger partial charge is 0.382 e. The molecule has 42 heavy (non-hydrogen) atoms. The van der Waals surface area contributed by atoms with Gasteiger partial charge in [0.05, 0.1) is 52.9 Å². The lowest BCUT2D eigenvalue weighted by Gasteiger charge is -2.36. The Bertz CT molecular complexity index is 1270. The van der Waals surface area contributed by atoms with Gasteiger partial charge >= 0.3 is 0 Å². The Kier molecular flexibility index (Phi) is 11.7. The van der Waals surface area contributed by atoms with Crippen molar-refractivity contribution in [2.45, 2.75) is 5.60 Å². The lowest BCUT2D eigenvalue weighted by atomic mass is 9.79. The summed E-state index contributed by atoms with van der Waals surface area (Å²) < 4.78 is 28.3. The number of nitrogens with zero attached hydrogens (tertiary/aromatic N) is 1. The Morgan fingerprint density at radius 2 is 1.02 bits per heavy atom. The second-order valence-electron chi connectivity index (χ2n) is 9.32. The summed E-state index contributed by atoms with van der Waals surface area (Å²) in [5.74, 6) is -1.98. The molecule has 3 aromatic carbocycles. The standard InChI is InChI=1S/C33H35NO8/c1-38-18-19-39-20-21-40-22-23-41-24-25-42-33(27-8-4-2-5-9-27,28-10-6-3-7-11-28)29-14-12-26(13-15-29)32(37)34-30(35)16-17-31(34)36/h2-17H,18-25H2,1H3. The van der Waals surface area contributed by atoms with Gasteiger partial charge in [0, 0.05) is 24.8 Å². The Morgan fingerprint density at radius 1 is 0.595 bits per heavy atom. The van der Waals surface area contributed by atoms with Gasteiger partial charge in [-0.25, -0.2) is 4.90 Å². The number of rotatable bonds is 17. The van der Waals surface area contributed by atoms with E-state index in [2.05, 4.69) is 0 Å². The highest BCUT2D eigenvalue weighted by Crippen LogP contribution is 2.40. The highest BCUT2D eigenvalue weighted by molar-refractivity contribution is 6.25. The van der Waals surface area contributed by atoms with Gasteiger partial charge in [0.2, 0.25) is 0 Å². The number of methoxy groups -OCH3 is 1. The molecular weight excluding hydrogens is 538 g/mol. The van der Waals surface area contributed by atoms with Gasteiger partial charge in [0.15, 0.2) is 0 Å². The van der Waals surface area contributed by atoms with Crippen LogP contribution < -0.4 is 0 Å². The van der Waals surface area contributed by atoms with E-state index in [1.54, 1.807) is 31.4 Å². The fraction of sp³-hybridized carbons (Fsp3) is 0.303. The molecule has 3 aromatic rings. The molecule has 220 valence electrons. The van der Waals surface area contributed by atoms with Crippen LogP contribution in [0.4, 0.5) is 0 Å². The zero-order valence-electron chi connectivity index (χ0n) is 23.6. The number of benzene rings is 3. The van der Waals surface area contributed by atoms with Crippen LogP contribution in [-0.2, 0) is 38.9 Å². The predicted molar refractivity (Wildman–Crippen MR) is 155 cm³/mol. The fourth-order valence-corrected chi connectivity index (χ4v) is 4.61. The zero-order valence-corrected chi connectivity index (χ0v) is 23.6. The first-order chi connectivity index (χ1) is 20.6. The second-order valence-corrected chi connectivity index (χ2v) is 9.32. The van der Waals surface area contributed by atoms with E-state index >= 15 is 0 Å². The molecule has 0 N–H and O–H groups in total. The molecule has 1 aliphatic rings. The summed E-state index contributed by atoms with van der Waals surface area (Å²) in [5, 5.41) is 0. The van der Waals surface area contributed by atoms with Crippen molar-refractivity contribution >= 4 is 17.7 Å². The molecule has 0 aliphatic carbocycles. The molecule has 0 atom stereocenters. The molecular formula is C33H35NO8. The molecule has 0 unspecified atom stereocenters. The first kappa shape index (κ1) is 31.0. The number of hydrogen-bond acceptors (Lipinski definition) is 8. The second kappa shape index (κ2) is 15.9. The van der Waals surface area contributed by atoms with Crippen molar-refractivity contribution < 1.29 is 38.1 Å². The summed E-state index contributed by atoms with van der Waals surface area (Å²) in [4.78, 5) is 37.6. The smallest absolute Gasteiger partial charge is 0.267 e. The van der Waals surface area contributed by atoms with Crippen LogP contribution in [0.2, 0.25) is 0 Å². The summed E-state index contributed by atoms with van der Waals surface area (Å²) in [6, 6.07) is 26.4. The van der Waals surface area contributed by atoms with Crippen LogP contribution in [0.3, 0.4) is 0 Å². The van der Waals surface area contributed by atoms with Crippen LogP contribution in [0.15, 0.2) is 97.1 Å². The SMILES string of the molecule is COCCOCCOCCOCCOC(c1ccccc1)(c1ccccc1)c1ccc(C(=O)N2C(=O)C=CC2=O)cc1. The third-order valence-corrected chi connectivity index (χ3v) is 6.63. The van der Waals surface area contributed by atoms with Crippen molar-refractivity contribution in [3.05, 3.63) is 119 Å². The Hall–Kier alpha value is -3.99. The lowest BCUT2D eigenvalue weighted by molar-refractivity contribution is -0.133. The normalized spacial score (nSPS) is 13.2. The molecule has 3 amide bonds. The molecule has 0 aromatic heterocycles. The molecule has 0 bridgehead atoms. The molecule has 0 saturated carbocycles. The maximum atomic E-state index is 12.9. The van der Waals surface area contributed by atoms with Crippen LogP contribution in [0, 0.1) is 0 Å². The van der Waals surface area contributed by atoms with Crippen LogP contribution in [0.5, 0.6) is 0 Å². The number of ether oxygens (including phenoxy) is 5. The van der Waals surface area contributed by atoms with Crippen molar-refractivity contribution in [3.63, 3.8) is 0 Å². The average molecular weight is 574 g/mol. The topological polar surface area (TPSA) is 101 Å². The van der Waals surface area contributed by atoms with E-state index in [1.165, 1.54) is 0 Å². The summed E-state index contributed by atoms with van der Waals surface area (Å²) in [6.45, 7) is 3.50. The van der Waals surface area contributed by atoms with Crippen LogP contribution in [0.1, 0.15) is 27.0 Å². The Labute approximate surface area is 245 Å². The summed E-state index contributed by atoms with van der Waals surface area (Å²) in [6.07, 6.45) is 2.18. The molecule has 0 radical (unpaired) electrons. The maximum absolute atomic E-state index is 12.9. The molecule has 0 fully saturated rings. The van der Waals surface area contributed by atoms with E-state index < -0.39 is 23.3 Å². The van der Waals surface area contributed by atoms with Gasteiger partial charge < -0.3 is 23.7 Å². The van der Waals surface area contributed by atoms with Gasteiger partial charge in [-0.3, -0.25) is 14.4 Å². The molecule has 1 heterocycles. The van der Waals surface area contributed by atoms with Crippen molar-refractivity contribution in [1.82, 2.24) is 4.90 Å². The fourth-order valence-electron chi connectivity index (χ4n) is 4.61. The van der Waals surface area contributed by atoms with E-state index in [-0.39, 0.29) is 12.2 Å². The molecule has 9 nitrogen and oxygen atoms in total. The number of imide groups is 3. The van der Waals surface area contributed by atoms with Crippen LogP contribution >= 0.6 is 0 Å². The van der Waals surface area contributed by atoms with E-state index in [9.17, 15) is 14.4 Å². The first-order valence-corrected chi connectivity index (χ1v) is 13.8. The van der Waals surface area contributed by atoms with Crippen LogP contribution in [0.25, 0.3) is 0 Å². The van der Waals surface area contributed by atoms with E-state index in [0.29, 0.717) is 51.1 Å². The molecule has 0 spiro atoms. The molecule has 1 aliphatic heterocycles. The van der Waals surface area contributed by atoms with Crippen molar-refractivity contribution in [3.8, 4) is 0 Å². The highest BCUT2D eigenvalue weighted by Gasteiger charge is 2.38. The van der Waals surface area contributed by atoms with E-state index in [1.807, 2.05) is 60.7 Å². The zero-order chi connectivity index (χ0) is 29.6. The third-order valence-electron chi connectivity index (χ3n) is 6.63. The van der Waals surface area contributed by atoms with Gasteiger partial charge in [0.1, 0.15) is 5.60 Å². The van der Waals surface area contributed by atoms with Crippen molar-refractivity contribution in [1.29, 1.82) is 0 Å². The quantitative estimate of drug-likeness (QED) is 0.137. The van der Waals surface area contributed by atoms with Gasteiger partial charge in [-0.2, -0.15) is 0 Å². The number of amides is 3. The van der Waals surface area contributed by atoms with Gasteiger partial charge in [-0.1, -0.05) is 72.8 Å². The molecule has 9 heteroatoms. The Balaban J connectivity index is 1.48. The minimum absolute atomic E-state index is 0.214. The minimum atomic E-state index is -1.02. The van der Waals surface area contributed by atoms with Gasteiger partial charge in [0.25, 0.3) is 17.7 Å².